The summed E-state index contributed by atoms with van der Waals surface area (Å²) in [4.78, 5) is 35.8. The van der Waals surface area contributed by atoms with E-state index in [0.29, 0.717) is 16.3 Å². The molecular weight excluding hydrogens is 400 g/mol. The summed E-state index contributed by atoms with van der Waals surface area (Å²) in [5, 5.41) is 3.52. The lowest BCUT2D eigenvalue weighted by molar-refractivity contribution is -0.113. The molecule has 0 aliphatic carbocycles. The number of carbonyl (C=O) groups excluding carboxylic acids is 2. The number of nitrogens with one attached hydrogen (secondary N) is 2. The van der Waals surface area contributed by atoms with Gasteiger partial charge in [-0.1, -0.05) is 42.1 Å². The van der Waals surface area contributed by atoms with Gasteiger partial charge in [-0.05, 0) is 29.8 Å². The van der Waals surface area contributed by atoms with Crippen LogP contribution in [0.5, 0.6) is 0 Å². The summed E-state index contributed by atoms with van der Waals surface area (Å²) in [5.41, 5.74) is 4.70. The molecule has 0 atom stereocenters. The van der Waals surface area contributed by atoms with E-state index in [9.17, 15) is 9.59 Å². The number of aromatic amines is 1. The standard InChI is InChI=1S/C22H18N4O3S/c1-29-22(28)15-7-9-16(10-8-15)26-18(27)12-30-21-20-19(24-13-25-21)17(11-23-20)14-5-3-2-4-6-14/h2-11,13,23H,12H2,1H3,(H,26,27). The minimum Gasteiger partial charge on any atom is -0.465 e. The molecule has 0 saturated carbocycles. The highest BCUT2D eigenvalue weighted by Crippen LogP contribution is 2.31. The molecule has 4 aromatic rings. The number of anilines is 1. The van der Waals surface area contributed by atoms with Crippen LogP contribution < -0.4 is 5.32 Å². The number of esters is 1. The molecule has 7 nitrogen and oxygen atoms in total. The minimum atomic E-state index is -0.419. The molecule has 0 spiro atoms. The van der Waals surface area contributed by atoms with Crippen molar-refractivity contribution in [3.8, 4) is 11.1 Å². The van der Waals surface area contributed by atoms with Gasteiger partial charge in [0.15, 0.2) is 0 Å². The van der Waals surface area contributed by atoms with E-state index in [1.807, 2.05) is 36.5 Å². The Kier molecular flexibility index (Phi) is 5.76. The lowest BCUT2D eigenvalue weighted by Gasteiger charge is -2.06. The van der Waals surface area contributed by atoms with E-state index >= 15 is 0 Å². The Labute approximate surface area is 176 Å². The number of H-pyrrole nitrogens is 1. The Balaban J connectivity index is 1.44. The van der Waals surface area contributed by atoms with Gasteiger partial charge in [-0.15, -0.1) is 0 Å². The summed E-state index contributed by atoms with van der Waals surface area (Å²) in [6.07, 6.45) is 3.41. The molecule has 2 aromatic carbocycles. The van der Waals surface area contributed by atoms with Crippen LogP contribution in [0.3, 0.4) is 0 Å². The second-order valence-electron chi connectivity index (χ2n) is 6.38. The summed E-state index contributed by atoms with van der Waals surface area (Å²) >= 11 is 1.33. The molecule has 0 aliphatic heterocycles. The van der Waals surface area contributed by atoms with Crippen LogP contribution in [-0.2, 0) is 9.53 Å². The number of thioether (sulfide) groups is 1. The second kappa shape index (κ2) is 8.79. The number of fused-ring (bicyclic) bond motifs is 1. The van der Waals surface area contributed by atoms with Crippen LogP contribution in [0, 0.1) is 0 Å². The Morgan fingerprint density at radius 1 is 1.07 bits per heavy atom. The molecule has 0 bridgehead atoms. The van der Waals surface area contributed by atoms with E-state index in [4.69, 9.17) is 0 Å². The quantitative estimate of drug-likeness (QED) is 0.277. The number of methoxy groups -OCH3 is 1. The number of ether oxygens (including phenoxy) is 1. The molecule has 0 aliphatic rings. The van der Waals surface area contributed by atoms with Gasteiger partial charge in [0.2, 0.25) is 5.91 Å². The summed E-state index contributed by atoms with van der Waals surface area (Å²) in [7, 11) is 1.33. The maximum atomic E-state index is 12.3. The van der Waals surface area contributed by atoms with Gasteiger partial charge in [-0.25, -0.2) is 14.8 Å². The smallest absolute Gasteiger partial charge is 0.337 e. The fourth-order valence-corrected chi connectivity index (χ4v) is 3.76. The minimum absolute atomic E-state index is 0.174. The number of aromatic nitrogens is 3. The van der Waals surface area contributed by atoms with Gasteiger partial charge in [0, 0.05) is 17.4 Å². The molecule has 2 N–H and O–H groups in total. The van der Waals surface area contributed by atoms with Crippen molar-refractivity contribution in [2.24, 2.45) is 0 Å². The average molecular weight is 418 g/mol. The van der Waals surface area contributed by atoms with Crippen LogP contribution in [0.4, 0.5) is 5.69 Å². The third-order valence-electron chi connectivity index (χ3n) is 4.44. The van der Waals surface area contributed by atoms with Gasteiger partial charge >= 0.3 is 5.97 Å². The van der Waals surface area contributed by atoms with Crippen molar-refractivity contribution in [2.45, 2.75) is 5.03 Å². The molecule has 30 heavy (non-hydrogen) atoms. The fraction of sp³-hybridized carbons (Fsp3) is 0.0909. The van der Waals surface area contributed by atoms with Crippen LogP contribution in [-0.4, -0.2) is 39.7 Å². The van der Waals surface area contributed by atoms with Crippen molar-refractivity contribution >= 4 is 40.4 Å². The maximum Gasteiger partial charge on any atom is 0.337 e. The molecule has 2 aromatic heterocycles. The Morgan fingerprint density at radius 3 is 2.57 bits per heavy atom. The normalized spacial score (nSPS) is 10.7. The van der Waals surface area contributed by atoms with E-state index in [1.165, 1.54) is 25.2 Å². The first kappa shape index (κ1) is 19.7. The third-order valence-corrected chi connectivity index (χ3v) is 5.43. The van der Waals surface area contributed by atoms with E-state index in [0.717, 1.165) is 22.2 Å². The fourth-order valence-electron chi connectivity index (χ4n) is 3.00. The lowest BCUT2D eigenvalue weighted by atomic mass is 10.1. The average Bonchev–Trinajstić information content (AvgIpc) is 3.23. The zero-order valence-corrected chi connectivity index (χ0v) is 16.9. The van der Waals surface area contributed by atoms with E-state index in [-0.39, 0.29) is 11.7 Å². The van der Waals surface area contributed by atoms with E-state index in [2.05, 4.69) is 25.0 Å². The van der Waals surface area contributed by atoms with Gasteiger partial charge in [0.05, 0.1) is 23.9 Å². The lowest BCUT2D eigenvalue weighted by Crippen LogP contribution is -2.14. The molecule has 0 unspecified atom stereocenters. The number of carbonyl (C=O) groups is 2. The van der Waals surface area contributed by atoms with Crippen molar-refractivity contribution in [1.82, 2.24) is 15.0 Å². The first-order valence-electron chi connectivity index (χ1n) is 9.14. The van der Waals surface area contributed by atoms with Crippen LogP contribution in [0.2, 0.25) is 0 Å². The van der Waals surface area contributed by atoms with Crippen molar-refractivity contribution in [1.29, 1.82) is 0 Å². The molecule has 2 heterocycles. The number of rotatable bonds is 6. The molecule has 0 saturated heterocycles. The molecule has 150 valence electrons. The van der Waals surface area contributed by atoms with Gasteiger partial charge in [0.25, 0.3) is 0 Å². The molecule has 4 rings (SSSR count). The third kappa shape index (κ3) is 4.18. The SMILES string of the molecule is COC(=O)c1ccc(NC(=O)CSc2ncnc3c(-c4ccccc4)c[nH]c23)cc1. The molecule has 8 heteroatoms. The predicted octanol–water partition coefficient (Wildman–Crippen LogP) is 4.14. The monoisotopic (exact) mass is 418 g/mol. The van der Waals surface area contributed by atoms with Crippen LogP contribution in [0.15, 0.2) is 72.1 Å². The van der Waals surface area contributed by atoms with Crippen LogP contribution >= 0.6 is 11.8 Å². The molecular formula is C22H18N4O3S. The topological polar surface area (TPSA) is 97.0 Å². The Morgan fingerprint density at radius 2 is 1.83 bits per heavy atom. The number of benzene rings is 2. The van der Waals surface area contributed by atoms with Crippen LogP contribution in [0.25, 0.3) is 22.2 Å². The largest absolute Gasteiger partial charge is 0.465 e. The highest BCUT2D eigenvalue weighted by atomic mass is 32.2. The molecule has 0 fully saturated rings. The maximum absolute atomic E-state index is 12.3. The number of nitrogens with zero attached hydrogens (tertiary/aromatic N) is 2. The van der Waals surface area contributed by atoms with Crippen molar-refractivity contribution < 1.29 is 14.3 Å². The zero-order valence-electron chi connectivity index (χ0n) is 16.1. The number of hydrogen-bond donors (Lipinski definition) is 2. The van der Waals surface area contributed by atoms with Gasteiger partial charge < -0.3 is 15.0 Å². The summed E-state index contributed by atoms with van der Waals surface area (Å²) in [6, 6.07) is 16.5. The Hall–Kier alpha value is -3.65. The van der Waals surface area contributed by atoms with Gasteiger partial charge in [0.1, 0.15) is 16.9 Å². The van der Waals surface area contributed by atoms with E-state index in [1.54, 1.807) is 24.3 Å². The highest BCUT2D eigenvalue weighted by Gasteiger charge is 2.13. The van der Waals surface area contributed by atoms with Gasteiger partial charge in [-0.3, -0.25) is 4.79 Å². The summed E-state index contributed by atoms with van der Waals surface area (Å²) in [6.45, 7) is 0. The first-order chi connectivity index (χ1) is 14.7. The van der Waals surface area contributed by atoms with Crippen molar-refractivity contribution in [3.05, 3.63) is 72.7 Å². The van der Waals surface area contributed by atoms with Gasteiger partial charge in [-0.2, -0.15) is 0 Å². The summed E-state index contributed by atoms with van der Waals surface area (Å²) < 4.78 is 4.67. The Bertz CT molecular complexity index is 1190. The van der Waals surface area contributed by atoms with Crippen molar-refractivity contribution in [3.63, 3.8) is 0 Å². The van der Waals surface area contributed by atoms with Crippen LogP contribution in [0.1, 0.15) is 10.4 Å². The molecule has 0 radical (unpaired) electrons. The summed E-state index contributed by atoms with van der Waals surface area (Å²) in [5.74, 6) is -0.408. The zero-order chi connectivity index (χ0) is 20.9. The number of amides is 1. The molecule has 1 amide bonds. The number of hydrogen-bond acceptors (Lipinski definition) is 6. The first-order valence-corrected chi connectivity index (χ1v) is 10.1. The van der Waals surface area contributed by atoms with E-state index < -0.39 is 5.97 Å². The highest BCUT2D eigenvalue weighted by molar-refractivity contribution is 8.00. The van der Waals surface area contributed by atoms with Crippen molar-refractivity contribution in [2.75, 3.05) is 18.2 Å². The second-order valence-corrected chi connectivity index (χ2v) is 7.34. The predicted molar refractivity (Wildman–Crippen MR) is 116 cm³/mol.